The first kappa shape index (κ1) is 31.3. The summed E-state index contributed by atoms with van der Waals surface area (Å²) < 4.78 is 0. The average molecular weight is 689 g/mol. The van der Waals surface area contributed by atoms with Crippen molar-refractivity contribution in [2.75, 3.05) is 0 Å². The number of fused-ring (bicyclic) bond motifs is 9. The van der Waals surface area contributed by atoms with Crippen molar-refractivity contribution in [1.29, 1.82) is 0 Å². The highest BCUT2D eigenvalue weighted by Crippen LogP contribution is 2.55. The lowest BCUT2D eigenvalue weighted by atomic mass is 9.80. The minimum atomic E-state index is -0.0851. The molecule has 0 fully saturated rings. The molecule has 0 N–H and O–H groups in total. The molecule has 0 atom stereocenters. The van der Waals surface area contributed by atoms with Crippen molar-refractivity contribution in [2.45, 2.75) is 38.5 Å². The summed E-state index contributed by atoms with van der Waals surface area (Å²) in [7, 11) is 0. The van der Waals surface area contributed by atoms with Crippen LogP contribution < -0.4 is 0 Å². The molecule has 256 valence electrons. The van der Waals surface area contributed by atoms with E-state index >= 15 is 0 Å². The Morgan fingerprint density at radius 2 is 0.815 bits per heavy atom. The number of hydrogen-bond acceptors (Lipinski definition) is 0. The maximum atomic E-state index is 2.47. The van der Waals surface area contributed by atoms with Gasteiger partial charge >= 0.3 is 0 Å². The summed E-state index contributed by atoms with van der Waals surface area (Å²) in [6.07, 6.45) is 0. The van der Waals surface area contributed by atoms with Crippen LogP contribution in [0.2, 0.25) is 0 Å². The van der Waals surface area contributed by atoms with E-state index in [1.165, 1.54) is 110 Å². The molecular formula is C54H40. The summed E-state index contributed by atoms with van der Waals surface area (Å²) >= 11 is 0. The van der Waals surface area contributed by atoms with Gasteiger partial charge in [-0.15, -0.1) is 0 Å². The zero-order valence-electron chi connectivity index (χ0n) is 31.2. The van der Waals surface area contributed by atoms with Gasteiger partial charge in [0.2, 0.25) is 0 Å². The Morgan fingerprint density at radius 3 is 1.63 bits per heavy atom. The number of hydrogen-bond donors (Lipinski definition) is 0. The van der Waals surface area contributed by atoms with E-state index in [0.29, 0.717) is 0 Å². The molecule has 9 aromatic carbocycles. The Labute approximate surface area is 317 Å². The average Bonchev–Trinajstić information content (AvgIpc) is 3.59. The van der Waals surface area contributed by atoms with Crippen LogP contribution in [0.3, 0.4) is 0 Å². The second kappa shape index (κ2) is 11.1. The highest BCUT2D eigenvalue weighted by molar-refractivity contribution is 6.23. The Balaban J connectivity index is 1.25. The fraction of sp³-hybridized carbons (Fsp3) is 0.111. The van der Waals surface area contributed by atoms with Gasteiger partial charge < -0.3 is 0 Å². The molecule has 0 aromatic heterocycles. The maximum Gasteiger partial charge on any atom is 0.0159 e. The lowest BCUT2D eigenvalue weighted by Gasteiger charge is -2.23. The third-order valence-corrected chi connectivity index (χ3v) is 12.9. The van der Waals surface area contributed by atoms with E-state index in [9.17, 15) is 0 Å². The number of benzene rings is 9. The number of rotatable bonds is 3. The molecule has 2 aliphatic carbocycles. The Kier molecular flexibility index (Phi) is 6.46. The Hall–Kier alpha value is -6.24. The van der Waals surface area contributed by atoms with Crippen molar-refractivity contribution in [3.63, 3.8) is 0 Å². The van der Waals surface area contributed by atoms with Crippen LogP contribution in [0.15, 0.2) is 170 Å². The van der Waals surface area contributed by atoms with Gasteiger partial charge in [-0.3, -0.25) is 0 Å². The molecule has 2 aliphatic rings. The van der Waals surface area contributed by atoms with Crippen LogP contribution in [0.4, 0.5) is 0 Å². The van der Waals surface area contributed by atoms with Gasteiger partial charge in [0.15, 0.2) is 0 Å². The van der Waals surface area contributed by atoms with Crippen LogP contribution >= 0.6 is 0 Å². The first-order valence-corrected chi connectivity index (χ1v) is 19.3. The van der Waals surface area contributed by atoms with E-state index < -0.39 is 0 Å². The molecule has 0 radical (unpaired) electrons. The van der Waals surface area contributed by atoms with Gasteiger partial charge in [-0.1, -0.05) is 179 Å². The SMILES string of the molecule is CC1(C)c2ccccc2-c2cc(-c3c4ccccc4c(-c4cccc5c4-c4ccccc4C5(C)C)c4cc(-c5ccc6ccccc6c5)ccc34)ccc21. The van der Waals surface area contributed by atoms with Gasteiger partial charge in [0.05, 0.1) is 0 Å². The van der Waals surface area contributed by atoms with E-state index in [1.807, 2.05) is 0 Å². The molecule has 9 aromatic rings. The van der Waals surface area contributed by atoms with Crippen LogP contribution in [0, 0.1) is 0 Å². The molecule has 0 amide bonds. The minimum absolute atomic E-state index is 0.0367. The molecule has 0 unspecified atom stereocenters. The highest BCUT2D eigenvalue weighted by Gasteiger charge is 2.38. The molecule has 0 heterocycles. The summed E-state index contributed by atoms with van der Waals surface area (Å²) in [4.78, 5) is 0. The molecular weight excluding hydrogens is 649 g/mol. The van der Waals surface area contributed by atoms with Gasteiger partial charge in [0.25, 0.3) is 0 Å². The smallest absolute Gasteiger partial charge is 0.0159 e. The van der Waals surface area contributed by atoms with E-state index in [-0.39, 0.29) is 10.8 Å². The van der Waals surface area contributed by atoms with Gasteiger partial charge in [-0.2, -0.15) is 0 Å². The fourth-order valence-electron chi connectivity index (χ4n) is 10.2. The van der Waals surface area contributed by atoms with Crippen LogP contribution in [0.25, 0.3) is 88.0 Å². The zero-order valence-corrected chi connectivity index (χ0v) is 31.2. The minimum Gasteiger partial charge on any atom is -0.0619 e. The molecule has 0 spiro atoms. The second-order valence-electron chi connectivity index (χ2n) is 16.4. The van der Waals surface area contributed by atoms with Crippen molar-refractivity contribution >= 4 is 32.3 Å². The van der Waals surface area contributed by atoms with Crippen molar-refractivity contribution < 1.29 is 0 Å². The lowest BCUT2D eigenvalue weighted by molar-refractivity contribution is 0.660. The molecule has 0 saturated carbocycles. The van der Waals surface area contributed by atoms with E-state index in [1.54, 1.807) is 0 Å². The molecule has 0 nitrogen and oxygen atoms in total. The quantitative estimate of drug-likeness (QED) is 0.162. The predicted octanol–water partition coefficient (Wildman–Crippen LogP) is 14.8. The predicted molar refractivity (Wildman–Crippen MR) is 230 cm³/mol. The third-order valence-electron chi connectivity index (χ3n) is 12.9. The maximum absolute atomic E-state index is 2.47. The van der Waals surface area contributed by atoms with Crippen LogP contribution in [0.1, 0.15) is 49.9 Å². The Bertz CT molecular complexity index is 3040. The fourth-order valence-corrected chi connectivity index (χ4v) is 10.2. The molecule has 0 aliphatic heterocycles. The van der Waals surface area contributed by atoms with Gasteiger partial charge in [0, 0.05) is 10.8 Å². The van der Waals surface area contributed by atoms with Crippen LogP contribution in [-0.4, -0.2) is 0 Å². The largest absolute Gasteiger partial charge is 0.0619 e. The first-order chi connectivity index (χ1) is 26.3. The second-order valence-corrected chi connectivity index (χ2v) is 16.4. The summed E-state index contributed by atoms with van der Waals surface area (Å²) in [6.45, 7) is 9.49. The molecule has 0 bridgehead atoms. The van der Waals surface area contributed by atoms with Crippen LogP contribution in [0.5, 0.6) is 0 Å². The summed E-state index contributed by atoms with van der Waals surface area (Å²) in [5.74, 6) is 0. The van der Waals surface area contributed by atoms with E-state index in [0.717, 1.165) is 0 Å². The molecule has 0 heteroatoms. The summed E-state index contributed by atoms with van der Waals surface area (Å²) in [6, 6.07) is 64.2. The topological polar surface area (TPSA) is 0 Å². The van der Waals surface area contributed by atoms with Gasteiger partial charge in [0.1, 0.15) is 0 Å². The van der Waals surface area contributed by atoms with E-state index in [4.69, 9.17) is 0 Å². The monoisotopic (exact) mass is 688 g/mol. The molecule has 0 saturated heterocycles. The molecule has 54 heavy (non-hydrogen) atoms. The van der Waals surface area contributed by atoms with Gasteiger partial charge in [-0.25, -0.2) is 0 Å². The van der Waals surface area contributed by atoms with Crippen molar-refractivity contribution in [3.05, 3.63) is 192 Å². The van der Waals surface area contributed by atoms with Crippen LogP contribution in [-0.2, 0) is 10.8 Å². The van der Waals surface area contributed by atoms with Crippen molar-refractivity contribution in [1.82, 2.24) is 0 Å². The van der Waals surface area contributed by atoms with E-state index in [2.05, 4.69) is 198 Å². The molecule has 11 rings (SSSR count). The zero-order chi connectivity index (χ0) is 36.3. The Morgan fingerprint density at radius 1 is 0.278 bits per heavy atom. The van der Waals surface area contributed by atoms with Crippen molar-refractivity contribution in [3.8, 4) is 55.6 Å². The normalized spacial score (nSPS) is 14.6. The standard InChI is InChI=1S/C54H40/c1-53(2)46-21-11-9-16-38(46)44-32-37(27-29-48(44)53)50-39-17-7-8-18-40(39)51(43-20-13-23-49-52(43)42-19-10-12-22-47(42)54(49,3)4)45-31-36(26-28-41(45)50)35-25-24-33-14-5-6-15-34(33)30-35/h5-32H,1-4H3. The van der Waals surface area contributed by atoms with Crippen molar-refractivity contribution in [2.24, 2.45) is 0 Å². The summed E-state index contributed by atoms with van der Waals surface area (Å²) in [5, 5.41) is 7.65. The first-order valence-electron chi connectivity index (χ1n) is 19.3. The van der Waals surface area contributed by atoms with Gasteiger partial charge in [-0.05, 0) is 128 Å². The highest BCUT2D eigenvalue weighted by atomic mass is 14.4. The summed E-state index contributed by atoms with van der Waals surface area (Å²) in [5.41, 5.74) is 18.5. The lowest BCUT2D eigenvalue weighted by Crippen LogP contribution is -2.14. The third kappa shape index (κ3) is 4.26.